The highest BCUT2D eigenvalue weighted by Crippen LogP contribution is 2.20. The fourth-order valence-corrected chi connectivity index (χ4v) is 1.80. The predicted molar refractivity (Wildman–Crippen MR) is 67.8 cm³/mol. The first-order valence-electron chi connectivity index (χ1n) is 6.41. The number of morpholine rings is 1. The van der Waals surface area contributed by atoms with E-state index in [0.29, 0.717) is 26.2 Å². The number of aliphatic hydroxyl groups is 1. The van der Waals surface area contributed by atoms with Gasteiger partial charge in [0.05, 0.1) is 31.3 Å². The standard InChI is InChI=1S/C12H22N2O5/c1-3-12(2,10(16)17)8-13-11(18)14-4-5-19-7-9(14)6-15/h9,15H,3-8H2,1-2H3,(H,13,18)(H,16,17). The van der Waals surface area contributed by atoms with E-state index in [4.69, 9.17) is 9.84 Å². The maximum atomic E-state index is 12.0. The van der Waals surface area contributed by atoms with Gasteiger partial charge in [0, 0.05) is 13.1 Å². The summed E-state index contributed by atoms with van der Waals surface area (Å²) < 4.78 is 5.18. The Balaban J connectivity index is 2.56. The molecule has 3 N–H and O–H groups in total. The van der Waals surface area contributed by atoms with Crippen LogP contribution in [0.4, 0.5) is 4.79 Å². The molecular weight excluding hydrogens is 252 g/mol. The second-order valence-electron chi connectivity index (χ2n) is 4.98. The van der Waals surface area contributed by atoms with Gasteiger partial charge in [0.2, 0.25) is 0 Å². The van der Waals surface area contributed by atoms with Crippen LogP contribution in [0.3, 0.4) is 0 Å². The van der Waals surface area contributed by atoms with Crippen molar-refractivity contribution in [3.8, 4) is 0 Å². The van der Waals surface area contributed by atoms with Crippen LogP contribution in [-0.2, 0) is 9.53 Å². The number of rotatable bonds is 5. The van der Waals surface area contributed by atoms with E-state index in [9.17, 15) is 14.7 Å². The van der Waals surface area contributed by atoms with Crippen LogP contribution in [0.25, 0.3) is 0 Å². The van der Waals surface area contributed by atoms with Crippen molar-refractivity contribution in [2.75, 3.05) is 32.9 Å². The first-order valence-corrected chi connectivity index (χ1v) is 6.41. The molecule has 19 heavy (non-hydrogen) atoms. The molecule has 110 valence electrons. The largest absolute Gasteiger partial charge is 0.481 e. The lowest BCUT2D eigenvalue weighted by molar-refractivity contribution is -0.147. The van der Waals surface area contributed by atoms with Crippen LogP contribution in [0, 0.1) is 5.41 Å². The van der Waals surface area contributed by atoms with Gasteiger partial charge in [-0.15, -0.1) is 0 Å². The second-order valence-corrected chi connectivity index (χ2v) is 4.98. The van der Waals surface area contributed by atoms with Gasteiger partial charge in [-0.1, -0.05) is 6.92 Å². The zero-order valence-corrected chi connectivity index (χ0v) is 11.4. The van der Waals surface area contributed by atoms with E-state index < -0.39 is 11.4 Å². The molecule has 1 rings (SSSR count). The Morgan fingerprint density at radius 3 is 2.74 bits per heavy atom. The van der Waals surface area contributed by atoms with Gasteiger partial charge < -0.3 is 25.2 Å². The maximum absolute atomic E-state index is 12.0. The molecule has 2 atom stereocenters. The highest BCUT2D eigenvalue weighted by Gasteiger charge is 2.33. The van der Waals surface area contributed by atoms with Crippen molar-refractivity contribution in [3.05, 3.63) is 0 Å². The van der Waals surface area contributed by atoms with E-state index in [0.717, 1.165) is 0 Å². The van der Waals surface area contributed by atoms with Crippen molar-refractivity contribution in [1.29, 1.82) is 0 Å². The van der Waals surface area contributed by atoms with Crippen molar-refractivity contribution in [2.45, 2.75) is 26.3 Å². The number of nitrogens with zero attached hydrogens (tertiary/aromatic N) is 1. The Labute approximate surface area is 112 Å². The van der Waals surface area contributed by atoms with Crippen molar-refractivity contribution in [1.82, 2.24) is 10.2 Å². The summed E-state index contributed by atoms with van der Waals surface area (Å²) in [6.07, 6.45) is 0.426. The summed E-state index contributed by atoms with van der Waals surface area (Å²) in [5.74, 6) is -0.934. The number of carboxylic acid groups (broad SMARTS) is 1. The van der Waals surface area contributed by atoms with Gasteiger partial charge in [-0.3, -0.25) is 4.79 Å². The first kappa shape index (κ1) is 15.7. The van der Waals surface area contributed by atoms with Gasteiger partial charge in [0.25, 0.3) is 0 Å². The van der Waals surface area contributed by atoms with Gasteiger partial charge in [-0.25, -0.2) is 4.79 Å². The second kappa shape index (κ2) is 6.72. The Morgan fingerprint density at radius 1 is 1.53 bits per heavy atom. The fourth-order valence-electron chi connectivity index (χ4n) is 1.80. The number of carboxylic acids is 1. The van der Waals surface area contributed by atoms with Crippen molar-refractivity contribution in [3.63, 3.8) is 0 Å². The molecular formula is C12H22N2O5. The van der Waals surface area contributed by atoms with Crippen LogP contribution >= 0.6 is 0 Å². The normalized spacial score (nSPS) is 22.7. The average Bonchev–Trinajstić information content (AvgIpc) is 2.43. The van der Waals surface area contributed by atoms with Crippen LogP contribution < -0.4 is 5.32 Å². The molecule has 0 aromatic heterocycles. The zero-order chi connectivity index (χ0) is 14.5. The molecule has 0 aliphatic carbocycles. The molecule has 0 radical (unpaired) electrons. The van der Waals surface area contributed by atoms with Crippen LogP contribution in [0.5, 0.6) is 0 Å². The molecule has 0 saturated carbocycles. The molecule has 1 heterocycles. The lowest BCUT2D eigenvalue weighted by Gasteiger charge is -2.35. The summed E-state index contributed by atoms with van der Waals surface area (Å²) in [6, 6.07) is -0.727. The molecule has 1 saturated heterocycles. The molecule has 1 aliphatic rings. The highest BCUT2D eigenvalue weighted by atomic mass is 16.5. The summed E-state index contributed by atoms with van der Waals surface area (Å²) in [6.45, 7) is 4.38. The quantitative estimate of drug-likeness (QED) is 0.649. The van der Waals surface area contributed by atoms with Crippen LogP contribution in [0.15, 0.2) is 0 Å². The summed E-state index contributed by atoms with van der Waals surface area (Å²) >= 11 is 0. The number of amides is 2. The number of carbonyl (C=O) groups excluding carboxylic acids is 1. The third kappa shape index (κ3) is 3.81. The number of aliphatic carboxylic acids is 1. The van der Waals surface area contributed by atoms with Gasteiger partial charge in [-0.05, 0) is 13.3 Å². The van der Waals surface area contributed by atoms with E-state index in [-0.39, 0.29) is 25.2 Å². The van der Waals surface area contributed by atoms with E-state index in [1.807, 2.05) is 0 Å². The van der Waals surface area contributed by atoms with Gasteiger partial charge in [-0.2, -0.15) is 0 Å². The number of hydrogen-bond acceptors (Lipinski definition) is 4. The number of carbonyl (C=O) groups is 2. The Kier molecular flexibility index (Phi) is 5.56. The number of aliphatic hydroxyl groups excluding tert-OH is 1. The van der Waals surface area contributed by atoms with Crippen LogP contribution in [-0.4, -0.2) is 66.1 Å². The van der Waals surface area contributed by atoms with Crippen molar-refractivity contribution in [2.24, 2.45) is 5.41 Å². The highest BCUT2D eigenvalue weighted by molar-refractivity contribution is 5.78. The molecule has 0 aromatic rings. The molecule has 7 nitrogen and oxygen atoms in total. The zero-order valence-electron chi connectivity index (χ0n) is 11.4. The minimum Gasteiger partial charge on any atom is -0.481 e. The first-order chi connectivity index (χ1) is 8.94. The van der Waals surface area contributed by atoms with E-state index in [1.54, 1.807) is 13.8 Å². The van der Waals surface area contributed by atoms with Gasteiger partial charge >= 0.3 is 12.0 Å². The summed E-state index contributed by atoms with van der Waals surface area (Å²) in [5, 5.41) is 20.9. The summed E-state index contributed by atoms with van der Waals surface area (Å²) in [4.78, 5) is 24.6. The Morgan fingerprint density at radius 2 is 2.21 bits per heavy atom. The third-order valence-corrected chi connectivity index (χ3v) is 3.63. The molecule has 0 spiro atoms. The summed E-state index contributed by atoms with van der Waals surface area (Å²) in [7, 11) is 0. The minimum absolute atomic E-state index is 0.0627. The lowest BCUT2D eigenvalue weighted by Crippen LogP contribution is -2.55. The molecule has 0 bridgehead atoms. The number of hydrogen-bond donors (Lipinski definition) is 3. The van der Waals surface area contributed by atoms with Crippen molar-refractivity contribution >= 4 is 12.0 Å². The predicted octanol–water partition coefficient (Wildman–Crippen LogP) is -0.110. The fraction of sp³-hybridized carbons (Fsp3) is 0.833. The van der Waals surface area contributed by atoms with Gasteiger partial charge in [0.15, 0.2) is 0 Å². The monoisotopic (exact) mass is 274 g/mol. The number of urea groups is 1. The van der Waals surface area contributed by atoms with E-state index in [1.165, 1.54) is 4.90 Å². The summed E-state index contributed by atoms with van der Waals surface area (Å²) in [5.41, 5.74) is -0.976. The smallest absolute Gasteiger partial charge is 0.317 e. The maximum Gasteiger partial charge on any atom is 0.317 e. The minimum atomic E-state index is -0.976. The third-order valence-electron chi connectivity index (χ3n) is 3.63. The molecule has 7 heteroatoms. The molecule has 1 fully saturated rings. The van der Waals surface area contributed by atoms with Crippen molar-refractivity contribution < 1.29 is 24.5 Å². The molecule has 0 aromatic carbocycles. The number of ether oxygens (including phenoxy) is 1. The Bertz CT molecular complexity index is 336. The van der Waals surface area contributed by atoms with Crippen LogP contribution in [0.1, 0.15) is 20.3 Å². The van der Waals surface area contributed by atoms with E-state index >= 15 is 0 Å². The van der Waals surface area contributed by atoms with E-state index in [2.05, 4.69) is 5.32 Å². The number of nitrogens with one attached hydrogen (secondary N) is 1. The Hall–Kier alpha value is -1.34. The lowest BCUT2D eigenvalue weighted by atomic mass is 9.88. The van der Waals surface area contributed by atoms with Crippen LogP contribution in [0.2, 0.25) is 0 Å². The average molecular weight is 274 g/mol. The topological polar surface area (TPSA) is 99.1 Å². The molecule has 1 aliphatic heterocycles. The van der Waals surface area contributed by atoms with Gasteiger partial charge in [0.1, 0.15) is 0 Å². The molecule has 2 unspecified atom stereocenters. The molecule has 2 amide bonds. The SMILES string of the molecule is CCC(C)(CNC(=O)N1CCOCC1CO)C(=O)O.